The lowest BCUT2D eigenvalue weighted by Crippen LogP contribution is -2.43. The van der Waals surface area contributed by atoms with Gasteiger partial charge in [0, 0.05) is 0 Å². The van der Waals surface area contributed by atoms with Gasteiger partial charge in [0.2, 0.25) is 0 Å². The fraction of sp³-hybridized carbons (Fsp3) is 1.00. The normalized spacial score (nSPS) is 40.9. The van der Waals surface area contributed by atoms with Gasteiger partial charge in [-0.25, -0.2) is 0 Å². The average molecular weight is 325 g/mol. The Balaban J connectivity index is 1.80. The molecule has 2 saturated carbocycles. The van der Waals surface area contributed by atoms with Crippen molar-refractivity contribution in [3.05, 3.63) is 0 Å². The van der Waals surface area contributed by atoms with Crippen molar-refractivity contribution in [2.75, 3.05) is 0 Å². The molecule has 2 aliphatic carbocycles. The van der Waals surface area contributed by atoms with Crippen molar-refractivity contribution in [3.63, 3.8) is 0 Å². The summed E-state index contributed by atoms with van der Waals surface area (Å²) in [6, 6.07) is 1.00. The maximum absolute atomic E-state index is 6.74. The van der Waals surface area contributed by atoms with E-state index in [9.17, 15) is 0 Å². The van der Waals surface area contributed by atoms with Gasteiger partial charge >= 0.3 is 0 Å². The molecule has 1 saturated heterocycles. The van der Waals surface area contributed by atoms with Crippen LogP contribution in [0.3, 0.4) is 0 Å². The molecular weight excluding hydrogens is 288 g/mol. The molecule has 4 bridgehead atoms. The largest absolute Gasteiger partial charge is 0.349 e. The van der Waals surface area contributed by atoms with Crippen molar-refractivity contribution in [3.8, 4) is 0 Å². The number of rotatable bonds is 0. The van der Waals surface area contributed by atoms with Gasteiger partial charge < -0.3 is 4.81 Å². The first-order valence-corrected chi connectivity index (χ1v) is 11.0. The van der Waals surface area contributed by atoms with Gasteiger partial charge in [0.15, 0.2) is 7.98 Å². The summed E-state index contributed by atoms with van der Waals surface area (Å²) in [6.07, 6.45) is 21.9. The van der Waals surface area contributed by atoms with Gasteiger partial charge in [0.05, 0.1) is 7.85 Å². The van der Waals surface area contributed by atoms with Gasteiger partial charge in [-0.1, -0.05) is 89.3 Å². The highest BCUT2D eigenvalue weighted by atomic mass is 15.1. The van der Waals surface area contributed by atoms with Crippen LogP contribution in [0.25, 0.3) is 0 Å². The Morgan fingerprint density at radius 3 is 1.75 bits per heavy atom. The zero-order chi connectivity index (χ0) is 16.8. The van der Waals surface area contributed by atoms with E-state index in [0.29, 0.717) is 12.1 Å². The van der Waals surface area contributed by atoms with E-state index in [1.165, 1.54) is 103 Å². The van der Waals surface area contributed by atoms with Crippen molar-refractivity contribution < 1.29 is 0 Å². The van der Waals surface area contributed by atoms with Gasteiger partial charge in [-0.15, -0.1) is 0 Å². The summed E-state index contributed by atoms with van der Waals surface area (Å²) in [5, 5.41) is 0. The van der Waals surface area contributed by atoms with Crippen molar-refractivity contribution in [2.24, 2.45) is 11.8 Å². The van der Waals surface area contributed by atoms with E-state index in [1.807, 2.05) is 0 Å². The van der Waals surface area contributed by atoms with E-state index in [0.717, 1.165) is 11.8 Å². The van der Waals surface area contributed by atoms with Gasteiger partial charge in [-0.3, -0.25) is 0 Å². The van der Waals surface area contributed by atoms with Crippen LogP contribution in [-0.2, 0) is 0 Å². The second-order valence-electron chi connectivity index (χ2n) is 9.01. The van der Waals surface area contributed by atoms with E-state index in [2.05, 4.69) is 4.81 Å². The molecule has 0 aromatic heterocycles. The quantitative estimate of drug-likeness (QED) is 0.526. The fourth-order valence-corrected chi connectivity index (χ4v) is 5.75. The number of fused-ring (bicyclic) bond motifs is 5. The Bertz CT molecular complexity index is 362. The van der Waals surface area contributed by atoms with Crippen LogP contribution in [0.15, 0.2) is 0 Å². The Labute approximate surface area is 153 Å². The zero-order valence-electron chi connectivity index (χ0n) is 15.8. The topological polar surface area (TPSA) is 3.24 Å². The van der Waals surface area contributed by atoms with Crippen LogP contribution in [0, 0.1) is 11.8 Å². The molecule has 0 aromatic carbocycles. The number of nitrogens with zero attached hydrogens (tertiary/aromatic N) is 1. The third-order valence-electron chi connectivity index (χ3n) is 7.31. The Morgan fingerprint density at radius 1 is 0.583 bits per heavy atom. The molecule has 3 aliphatic rings. The molecule has 24 heavy (non-hydrogen) atoms. The van der Waals surface area contributed by atoms with Crippen molar-refractivity contribution in [1.29, 1.82) is 0 Å². The minimum absolute atomic E-state index is 0.280. The minimum Gasteiger partial charge on any atom is -0.349 e. The van der Waals surface area contributed by atoms with E-state index in [1.54, 1.807) is 0 Å². The SMILES string of the molecule is [B]C1CCCCCCCC2CC1N([B])C1CCCCCCCC2C1. The smallest absolute Gasteiger partial charge is 0.183 e. The summed E-state index contributed by atoms with van der Waals surface area (Å²) in [4.78, 5) is 2.26. The lowest BCUT2D eigenvalue weighted by Gasteiger charge is -2.38. The third-order valence-corrected chi connectivity index (χ3v) is 7.31. The molecule has 5 atom stereocenters. The molecule has 132 valence electrons. The molecule has 0 spiro atoms. The Morgan fingerprint density at radius 2 is 1.08 bits per heavy atom. The van der Waals surface area contributed by atoms with Gasteiger partial charge in [-0.2, -0.15) is 0 Å². The molecule has 1 nitrogen and oxygen atoms in total. The van der Waals surface area contributed by atoms with E-state index >= 15 is 0 Å². The van der Waals surface area contributed by atoms with Crippen LogP contribution in [0.2, 0.25) is 5.82 Å². The van der Waals surface area contributed by atoms with Gasteiger partial charge in [-0.05, 0) is 43.2 Å². The zero-order valence-corrected chi connectivity index (χ0v) is 15.8. The second kappa shape index (κ2) is 9.70. The summed E-state index contributed by atoms with van der Waals surface area (Å²) < 4.78 is 0. The van der Waals surface area contributed by atoms with E-state index in [4.69, 9.17) is 15.8 Å². The molecule has 0 amide bonds. The highest BCUT2D eigenvalue weighted by Crippen LogP contribution is 2.42. The second-order valence-corrected chi connectivity index (χ2v) is 9.01. The molecule has 3 rings (SSSR count). The standard InChI is InChI=1S/C21H37B2N/c22-20-14-10-6-2-4-8-12-18-16-21(20)24(23)19-13-9-5-1-3-7-11-17(18)15-19/h17-21H,1-16H2. The average Bonchev–Trinajstić information content (AvgIpc) is 2.73. The van der Waals surface area contributed by atoms with Crippen LogP contribution in [0.4, 0.5) is 0 Å². The number of hydrogen-bond donors (Lipinski definition) is 0. The highest BCUT2D eigenvalue weighted by Gasteiger charge is 2.36. The Hall–Kier alpha value is 0.0899. The Kier molecular flexibility index (Phi) is 7.62. The van der Waals surface area contributed by atoms with Gasteiger partial charge in [0.25, 0.3) is 0 Å². The first-order valence-electron chi connectivity index (χ1n) is 11.0. The lowest BCUT2D eigenvalue weighted by molar-refractivity contribution is 0.221. The van der Waals surface area contributed by atoms with Crippen molar-refractivity contribution >= 4 is 15.8 Å². The molecule has 4 radical (unpaired) electrons. The van der Waals surface area contributed by atoms with Crippen LogP contribution in [-0.4, -0.2) is 32.7 Å². The first-order chi connectivity index (χ1) is 11.8. The minimum atomic E-state index is 0.280. The summed E-state index contributed by atoms with van der Waals surface area (Å²) in [5.41, 5.74) is 0. The fourth-order valence-electron chi connectivity index (χ4n) is 5.75. The van der Waals surface area contributed by atoms with Gasteiger partial charge in [0.1, 0.15) is 0 Å². The maximum atomic E-state index is 6.74. The molecule has 3 heteroatoms. The molecule has 3 fully saturated rings. The van der Waals surface area contributed by atoms with Crippen LogP contribution in [0.5, 0.6) is 0 Å². The van der Waals surface area contributed by atoms with Crippen molar-refractivity contribution in [1.82, 2.24) is 4.81 Å². The molecular formula is C21H37B2N. The molecule has 1 aliphatic heterocycles. The predicted molar refractivity (Wildman–Crippen MR) is 106 cm³/mol. The summed E-state index contributed by atoms with van der Waals surface area (Å²) in [7, 11) is 13.4. The van der Waals surface area contributed by atoms with E-state index in [-0.39, 0.29) is 5.82 Å². The lowest BCUT2D eigenvalue weighted by atomic mass is 9.71. The molecule has 1 heterocycles. The molecule has 0 N–H and O–H groups in total. The summed E-state index contributed by atoms with van der Waals surface area (Å²) >= 11 is 0. The van der Waals surface area contributed by atoms with Crippen LogP contribution < -0.4 is 0 Å². The maximum Gasteiger partial charge on any atom is 0.183 e. The van der Waals surface area contributed by atoms with Crippen LogP contribution in [0.1, 0.15) is 103 Å². The molecule has 0 aromatic rings. The summed E-state index contributed by atoms with van der Waals surface area (Å²) in [6.45, 7) is 0. The first kappa shape index (κ1) is 18.9. The third kappa shape index (κ3) is 5.05. The van der Waals surface area contributed by atoms with E-state index < -0.39 is 0 Å². The monoisotopic (exact) mass is 325 g/mol. The van der Waals surface area contributed by atoms with Crippen LogP contribution >= 0.6 is 0 Å². The van der Waals surface area contributed by atoms with Crippen molar-refractivity contribution in [2.45, 2.75) is 121 Å². The summed E-state index contributed by atoms with van der Waals surface area (Å²) in [5.74, 6) is 2.05. The highest BCUT2D eigenvalue weighted by molar-refractivity contribution is 6.13. The number of hydrogen-bond acceptors (Lipinski definition) is 1. The molecule has 5 unspecified atom stereocenters. The predicted octanol–water partition coefficient (Wildman–Crippen LogP) is 5.58.